The molecule has 0 amide bonds. The van der Waals surface area contributed by atoms with Gasteiger partial charge in [-0.25, -0.2) is 9.18 Å². The van der Waals surface area contributed by atoms with Gasteiger partial charge in [0.15, 0.2) is 0 Å². The number of carboxylic acids is 1. The Morgan fingerprint density at radius 3 is 2.50 bits per heavy atom. The van der Waals surface area contributed by atoms with Crippen molar-refractivity contribution in [2.75, 3.05) is 0 Å². The van der Waals surface area contributed by atoms with Crippen LogP contribution in [0.1, 0.15) is 27.0 Å². The Labute approximate surface area is 137 Å². The molecule has 122 valence electrons. The first-order valence-corrected chi connectivity index (χ1v) is 7.32. The number of hydrogen-bond acceptors (Lipinski definition) is 4. The van der Waals surface area contributed by atoms with E-state index in [9.17, 15) is 14.3 Å². The highest BCUT2D eigenvalue weighted by atomic mass is 19.1. The molecule has 0 aliphatic carbocycles. The molecule has 0 saturated heterocycles. The number of hydrogen-bond donors (Lipinski definition) is 1. The van der Waals surface area contributed by atoms with Crippen molar-refractivity contribution < 1.29 is 18.8 Å². The van der Waals surface area contributed by atoms with Gasteiger partial charge in [0.2, 0.25) is 5.82 Å². The second-order valence-corrected chi connectivity index (χ2v) is 5.69. The second-order valence-electron chi connectivity index (χ2n) is 5.69. The van der Waals surface area contributed by atoms with Crippen LogP contribution in [-0.4, -0.2) is 21.2 Å². The van der Waals surface area contributed by atoms with E-state index in [1.54, 1.807) is 32.0 Å². The fourth-order valence-electron chi connectivity index (χ4n) is 2.56. The van der Waals surface area contributed by atoms with Gasteiger partial charge < -0.3 is 9.63 Å². The lowest BCUT2D eigenvalue weighted by molar-refractivity contribution is 0.0696. The first kappa shape index (κ1) is 15.9. The molecular weight excluding hydrogens is 311 g/mol. The van der Waals surface area contributed by atoms with E-state index in [0.29, 0.717) is 11.1 Å². The number of carbonyl (C=O) groups is 1. The summed E-state index contributed by atoms with van der Waals surface area (Å²) in [7, 11) is 0. The molecule has 3 aromatic rings. The Kier molecular flexibility index (Phi) is 3.89. The zero-order valence-electron chi connectivity index (χ0n) is 13.4. The maximum absolute atomic E-state index is 14.0. The third kappa shape index (κ3) is 2.78. The molecule has 0 atom stereocenters. The van der Waals surface area contributed by atoms with Crippen LogP contribution in [0.5, 0.6) is 0 Å². The van der Waals surface area contributed by atoms with Gasteiger partial charge >= 0.3 is 5.97 Å². The molecule has 2 aromatic carbocycles. The van der Waals surface area contributed by atoms with Crippen molar-refractivity contribution in [1.82, 2.24) is 10.1 Å². The van der Waals surface area contributed by atoms with Crippen LogP contribution in [0.4, 0.5) is 4.39 Å². The van der Waals surface area contributed by atoms with Gasteiger partial charge in [-0.2, -0.15) is 4.98 Å². The molecular formula is C18H15FN2O3. The highest BCUT2D eigenvalue weighted by Crippen LogP contribution is 2.28. The molecule has 0 unspecified atom stereocenters. The molecule has 5 nitrogen and oxygen atoms in total. The molecule has 1 heterocycles. The van der Waals surface area contributed by atoms with Crippen LogP contribution >= 0.6 is 0 Å². The Morgan fingerprint density at radius 2 is 1.83 bits per heavy atom. The van der Waals surface area contributed by atoms with Crippen molar-refractivity contribution in [2.24, 2.45) is 0 Å². The lowest BCUT2D eigenvalue weighted by Crippen LogP contribution is -2.01. The average Bonchev–Trinajstić information content (AvgIpc) is 2.96. The summed E-state index contributed by atoms with van der Waals surface area (Å²) in [5.41, 5.74) is 3.18. The Balaban J connectivity index is 2.08. The SMILES string of the molecule is Cc1ccc(-c2nc(-c3cc(C(=O)O)c(C)cc3C)no2)c(F)c1. The summed E-state index contributed by atoms with van der Waals surface area (Å²) in [6, 6.07) is 7.97. The number of aryl methyl sites for hydroxylation is 3. The molecule has 1 N–H and O–H groups in total. The number of benzene rings is 2. The van der Waals surface area contributed by atoms with E-state index in [-0.39, 0.29) is 22.8 Å². The number of nitrogens with zero attached hydrogens (tertiary/aromatic N) is 2. The fraction of sp³-hybridized carbons (Fsp3) is 0.167. The van der Waals surface area contributed by atoms with Crippen molar-refractivity contribution in [3.63, 3.8) is 0 Å². The van der Waals surface area contributed by atoms with E-state index >= 15 is 0 Å². The van der Waals surface area contributed by atoms with Crippen LogP contribution in [0.25, 0.3) is 22.8 Å². The molecule has 0 radical (unpaired) electrons. The number of aromatic carboxylic acids is 1. The number of rotatable bonds is 3. The highest BCUT2D eigenvalue weighted by Gasteiger charge is 2.18. The van der Waals surface area contributed by atoms with Gasteiger partial charge in [0.05, 0.1) is 11.1 Å². The molecule has 0 bridgehead atoms. The van der Waals surface area contributed by atoms with Crippen LogP contribution in [0.3, 0.4) is 0 Å². The van der Waals surface area contributed by atoms with E-state index in [2.05, 4.69) is 10.1 Å². The standard InChI is InChI=1S/C18H15FN2O3/c1-9-4-5-12(15(19)6-9)17-20-16(21-24-17)13-8-14(18(22)23)11(3)7-10(13)2/h4-8H,1-3H3,(H,22,23). The van der Waals surface area contributed by atoms with Crippen LogP contribution in [0.15, 0.2) is 34.9 Å². The maximum atomic E-state index is 14.0. The van der Waals surface area contributed by atoms with Crippen LogP contribution < -0.4 is 0 Å². The van der Waals surface area contributed by atoms with Crippen LogP contribution in [-0.2, 0) is 0 Å². The monoisotopic (exact) mass is 326 g/mol. The van der Waals surface area contributed by atoms with E-state index < -0.39 is 11.8 Å². The minimum absolute atomic E-state index is 0.0550. The van der Waals surface area contributed by atoms with Gasteiger partial charge in [0.1, 0.15) is 5.82 Å². The van der Waals surface area contributed by atoms with Gasteiger partial charge in [0, 0.05) is 5.56 Å². The third-order valence-electron chi connectivity index (χ3n) is 3.82. The van der Waals surface area contributed by atoms with Crippen molar-refractivity contribution >= 4 is 5.97 Å². The molecule has 6 heteroatoms. The van der Waals surface area contributed by atoms with Crippen molar-refractivity contribution in [3.8, 4) is 22.8 Å². The molecule has 3 rings (SSSR count). The molecule has 0 saturated carbocycles. The van der Waals surface area contributed by atoms with E-state index in [4.69, 9.17) is 4.52 Å². The van der Waals surface area contributed by atoms with Crippen molar-refractivity contribution in [2.45, 2.75) is 20.8 Å². The number of carboxylic acid groups (broad SMARTS) is 1. The Morgan fingerprint density at radius 1 is 1.08 bits per heavy atom. The smallest absolute Gasteiger partial charge is 0.335 e. The summed E-state index contributed by atoms with van der Waals surface area (Å²) in [6.07, 6.45) is 0. The first-order chi connectivity index (χ1) is 11.4. The lowest BCUT2D eigenvalue weighted by atomic mass is 9.99. The zero-order valence-corrected chi connectivity index (χ0v) is 13.4. The summed E-state index contributed by atoms with van der Waals surface area (Å²) < 4.78 is 19.2. The normalized spacial score (nSPS) is 10.8. The fourth-order valence-corrected chi connectivity index (χ4v) is 2.56. The van der Waals surface area contributed by atoms with Gasteiger partial charge in [-0.1, -0.05) is 17.3 Å². The number of halogens is 1. The molecule has 24 heavy (non-hydrogen) atoms. The minimum atomic E-state index is -1.03. The molecule has 0 spiro atoms. The average molecular weight is 326 g/mol. The third-order valence-corrected chi connectivity index (χ3v) is 3.82. The van der Waals surface area contributed by atoms with E-state index in [0.717, 1.165) is 11.1 Å². The minimum Gasteiger partial charge on any atom is -0.478 e. The molecule has 1 aromatic heterocycles. The highest BCUT2D eigenvalue weighted by molar-refractivity contribution is 5.91. The predicted octanol–water partition coefficient (Wildman–Crippen LogP) is 4.17. The Bertz CT molecular complexity index is 947. The van der Waals surface area contributed by atoms with Gasteiger partial charge in [-0.15, -0.1) is 0 Å². The van der Waals surface area contributed by atoms with Crippen molar-refractivity contribution in [3.05, 3.63) is 58.4 Å². The Hall–Kier alpha value is -3.02. The zero-order chi connectivity index (χ0) is 17.4. The van der Waals surface area contributed by atoms with Gasteiger partial charge in [-0.3, -0.25) is 0 Å². The maximum Gasteiger partial charge on any atom is 0.335 e. The quantitative estimate of drug-likeness (QED) is 0.782. The number of aromatic nitrogens is 2. The predicted molar refractivity (Wildman–Crippen MR) is 86.3 cm³/mol. The molecule has 0 fully saturated rings. The van der Waals surface area contributed by atoms with Gasteiger partial charge in [0.25, 0.3) is 5.89 Å². The summed E-state index contributed by atoms with van der Waals surface area (Å²) in [4.78, 5) is 15.5. The van der Waals surface area contributed by atoms with Crippen LogP contribution in [0.2, 0.25) is 0 Å². The van der Waals surface area contributed by atoms with Crippen molar-refractivity contribution in [1.29, 1.82) is 0 Å². The summed E-state index contributed by atoms with van der Waals surface area (Å²) in [6.45, 7) is 5.34. The first-order valence-electron chi connectivity index (χ1n) is 7.32. The van der Waals surface area contributed by atoms with E-state index in [1.807, 2.05) is 6.92 Å². The molecule has 0 aliphatic heterocycles. The summed E-state index contributed by atoms with van der Waals surface area (Å²) in [5, 5.41) is 13.1. The van der Waals surface area contributed by atoms with Gasteiger partial charge in [-0.05, 0) is 55.7 Å². The van der Waals surface area contributed by atoms with E-state index in [1.165, 1.54) is 12.1 Å². The largest absolute Gasteiger partial charge is 0.478 e. The van der Waals surface area contributed by atoms with Crippen LogP contribution in [0, 0.1) is 26.6 Å². The summed E-state index contributed by atoms with van der Waals surface area (Å²) in [5.74, 6) is -1.19. The molecule has 0 aliphatic rings. The summed E-state index contributed by atoms with van der Waals surface area (Å²) >= 11 is 0. The topological polar surface area (TPSA) is 76.2 Å². The second kappa shape index (κ2) is 5.88. The lowest BCUT2D eigenvalue weighted by Gasteiger charge is -2.06.